The second kappa shape index (κ2) is 10.9. The van der Waals surface area contributed by atoms with Crippen LogP contribution in [0.25, 0.3) is 0 Å². The van der Waals surface area contributed by atoms with E-state index in [-0.39, 0.29) is 24.2 Å². The van der Waals surface area contributed by atoms with Crippen molar-refractivity contribution in [2.45, 2.75) is 24.6 Å². The van der Waals surface area contributed by atoms with E-state index in [1.807, 2.05) is 60.7 Å². The molecule has 1 fully saturated rings. The molecule has 4 rings (SSSR count). The van der Waals surface area contributed by atoms with E-state index in [4.69, 9.17) is 23.2 Å². The van der Waals surface area contributed by atoms with Gasteiger partial charge in [-0.2, -0.15) is 0 Å². The summed E-state index contributed by atoms with van der Waals surface area (Å²) in [6.07, 6.45) is 1.23. The second-order valence-corrected chi connectivity index (χ2v) is 11.2. The van der Waals surface area contributed by atoms with Gasteiger partial charge in [0, 0.05) is 28.7 Å². The minimum Gasteiger partial charge on any atom is -0.345 e. The van der Waals surface area contributed by atoms with Crippen LogP contribution >= 0.6 is 23.2 Å². The predicted molar refractivity (Wildman–Crippen MR) is 136 cm³/mol. The number of rotatable bonds is 7. The summed E-state index contributed by atoms with van der Waals surface area (Å²) < 4.78 is 27.7. The molecule has 1 aliphatic heterocycles. The summed E-state index contributed by atoms with van der Waals surface area (Å²) in [6.45, 7) is 0.502. The maximum Gasteiger partial charge on any atom is 0.225 e. The summed E-state index contributed by atoms with van der Waals surface area (Å²) in [6, 6.07) is 24.1. The molecule has 3 aromatic rings. The van der Waals surface area contributed by atoms with Crippen molar-refractivity contribution < 1.29 is 13.2 Å². The fourth-order valence-corrected chi connectivity index (χ4v) is 6.63. The van der Waals surface area contributed by atoms with E-state index in [0.29, 0.717) is 35.0 Å². The van der Waals surface area contributed by atoms with Gasteiger partial charge < -0.3 is 5.32 Å². The fraction of sp³-hybridized carbons (Fsp3) is 0.269. The van der Waals surface area contributed by atoms with Crippen LogP contribution in [-0.2, 0) is 20.6 Å². The van der Waals surface area contributed by atoms with Crippen LogP contribution in [0.2, 0.25) is 10.0 Å². The van der Waals surface area contributed by atoms with Gasteiger partial charge in [-0.25, -0.2) is 12.7 Å². The Hall–Kier alpha value is -2.38. The number of carbonyl (C=O) groups is 1. The number of piperidine rings is 1. The topological polar surface area (TPSA) is 66.5 Å². The Morgan fingerprint density at radius 1 is 0.912 bits per heavy atom. The molecule has 8 heteroatoms. The lowest BCUT2D eigenvalue weighted by Crippen LogP contribution is -2.46. The van der Waals surface area contributed by atoms with E-state index >= 15 is 0 Å². The van der Waals surface area contributed by atoms with Crippen molar-refractivity contribution in [2.75, 3.05) is 13.1 Å². The molecule has 1 unspecified atom stereocenters. The van der Waals surface area contributed by atoms with Crippen molar-refractivity contribution in [2.24, 2.45) is 5.92 Å². The van der Waals surface area contributed by atoms with Crippen LogP contribution < -0.4 is 5.32 Å². The highest BCUT2D eigenvalue weighted by Crippen LogP contribution is 2.29. The van der Waals surface area contributed by atoms with E-state index in [0.717, 1.165) is 11.1 Å². The Kier molecular flexibility index (Phi) is 7.94. The standard InChI is InChI=1S/C26H26Cl2N2O3S/c27-23-14-7-15-24(28)22(23)18-34(32,33)30-16-8-13-21(17-30)26(31)29-25(19-9-3-1-4-10-19)20-11-5-2-6-12-20/h1-7,9-12,14-15,21,25H,8,13,16-18H2,(H,29,31). The normalized spacial score (nSPS) is 17.0. The fourth-order valence-electron chi connectivity index (χ4n) is 4.26. The van der Waals surface area contributed by atoms with Crippen LogP contribution in [-0.4, -0.2) is 31.7 Å². The molecule has 178 valence electrons. The van der Waals surface area contributed by atoms with Crippen LogP contribution in [0.15, 0.2) is 78.9 Å². The molecular formula is C26H26Cl2N2O3S. The van der Waals surface area contributed by atoms with E-state index < -0.39 is 15.9 Å². The van der Waals surface area contributed by atoms with Gasteiger partial charge in [-0.1, -0.05) is 89.9 Å². The summed E-state index contributed by atoms with van der Waals surface area (Å²) in [7, 11) is -3.70. The minimum atomic E-state index is -3.70. The van der Waals surface area contributed by atoms with Gasteiger partial charge in [0.05, 0.1) is 17.7 Å². The summed E-state index contributed by atoms with van der Waals surface area (Å²) >= 11 is 12.4. The van der Waals surface area contributed by atoms with Crippen molar-refractivity contribution >= 4 is 39.1 Å². The van der Waals surface area contributed by atoms with Gasteiger partial charge in [0.2, 0.25) is 15.9 Å². The average molecular weight is 517 g/mol. The molecule has 1 aliphatic rings. The monoisotopic (exact) mass is 516 g/mol. The molecule has 1 atom stereocenters. The minimum absolute atomic E-state index is 0.131. The maximum atomic E-state index is 13.3. The molecular weight excluding hydrogens is 491 g/mol. The molecule has 5 nitrogen and oxygen atoms in total. The molecule has 1 amide bonds. The molecule has 0 radical (unpaired) electrons. The third kappa shape index (κ3) is 5.81. The first-order valence-corrected chi connectivity index (χ1v) is 13.5. The molecule has 1 N–H and O–H groups in total. The van der Waals surface area contributed by atoms with Gasteiger partial charge in [0.25, 0.3) is 0 Å². The van der Waals surface area contributed by atoms with E-state index in [9.17, 15) is 13.2 Å². The Morgan fingerprint density at radius 2 is 1.47 bits per heavy atom. The number of hydrogen-bond acceptors (Lipinski definition) is 3. The first-order chi connectivity index (χ1) is 16.3. The van der Waals surface area contributed by atoms with Crippen LogP contribution in [0.1, 0.15) is 35.6 Å². The lowest BCUT2D eigenvalue weighted by Gasteiger charge is -2.32. The summed E-state index contributed by atoms with van der Waals surface area (Å²) in [5.74, 6) is -0.898. The average Bonchev–Trinajstić information content (AvgIpc) is 2.86. The molecule has 1 saturated heterocycles. The number of carbonyl (C=O) groups excluding carboxylic acids is 1. The van der Waals surface area contributed by atoms with Gasteiger partial charge in [0.1, 0.15) is 0 Å². The SMILES string of the molecule is O=C(NC(c1ccccc1)c1ccccc1)C1CCCN(S(=O)(=O)Cc2c(Cl)cccc2Cl)C1. The summed E-state index contributed by atoms with van der Waals surface area (Å²) in [4.78, 5) is 13.3. The van der Waals surface area contributed by atoms with Gasteiger partial charge in [0.15, 0.2) is 0 Å². The molecule has 0 bridgehead atoms. The zero-order valence-corrected chi connectivity index (χ0v) is 20.9. The quantitative estimate of drug-likeness (QED) is 0.454. The third-order valence-electron chi connectivity index (χ3n) is 6.09. The molecule has 0 saturated carbocycles. The number of benzene rings is 3. The van der Waals surface area contributed by atoms with Crippen LogP contribution in [0.4, 0.5) is 0 Å². The maximum absolute atomic E-state index is 13.3. The summed E-state index contributed by atoms with van der Waals surface area (Å²) in [5, 5.41) is 3.79. The highest BCUT2D eigenvalue weighted by atomic mass is 35.5. The zero-order valence-electron chi connectivity index (χ0n) is 18.5. The van der Waals surface area contributed by atoms with Gasteiger partial charge in [-0.3, -0.25) is 4.79 Å². The Balaban J connectivity index is 1.50. The number of hydrogen-bond donors (Lipinski definition) is 1. The number of nitrogens with one attached hydrogen (secondary N) is 1. The molecule has 0 spiro atoms. The number of amides is 1. The molecule has 0 aliphatic carbocycles. The Morgan fingerprint density at radius 3 is 2.03 bits per heavy atom. The van der Waals surface area contributed by atoms with Crippen molar-refractivity contribution in [1.82, 2.24) is 9.62 Å². The van der Waals surface area contributed by atoms with Gasteiger partial charge in [-0.15, -0.1) is 0 Å². The number of halogens is 2. The van der Waals surface area contributed by atoms with Crippen LogP contribution in [0, 0.1) is 5.92 Å². The Labute approximate surface area is 210 Å². The summed E-state index contributed by atoms with van der Waals surface area (Å²) in [5.41, 5.74) is 2.32. The first kappa shape index (κ1) is 24.7. The molecule has 34 heavy (non-hydrogen) atoms. The van der Waals surface area contributed by atoms with Crippen molar-refractivity contribution in [3.05, 3.63) is 106 Å². The van der Waals surface area contributed by atoms with E-state index in [1.165, 1.54) is 4.31 Å². The van der Waals surface area contributed by atoms with Gasteiger partial charge in [-0.05, 0) is 36.1 Å². The van der Waals surface area contributed by atoms with Crippen LogP contribution in [0.5, 0.6) is 0 Å². The second-order valence-electron chi connectivity index (χ2n) is 8.42. The lowest BCUT2D eigenvalue weighted by atomic mass is 9.95. The molecule has 1 heterocycles. The predicted octanol–water partition coefficient (Wildman–Crippen LogP) is 5.44. The Bertz CT molecular complexity index is 1180. The zero-order chi connectivity index (χ0) is 24.1. The number of nitrogens with zero attached hydrogens (tertiary/aromatic N) is 1. The third-order valence-corrected chi connectivity index (χ3v) is 8.57. The highest BCUT2D eigenvalue weighted by Gasteiger charge is 2.34. The lowest BCUT2D eigenvalue weighted by molar-refractivity contribution is -0.126. The molecule has 0 aromatic heterocycles. The van der Waals surface area contributed by atoms with Crippen molar-refractivity contribution in [1.29, 1.82) is 0 Å². The van der Waals surface area contributed by atoms with Gasteiger partial charge >= 0.3 is 0 Å². The van der Waals surface area contributed by atoms with Crippen LogP contribution in [0.3, 0.4) is 0 Å². The first-order valence-electron chi connectivity index (χ1n) is 11.2. The number of sulfonamides is 1. The van der Waals surface area contributed by atoms with Crippen molar-refractivity contribution in [3.63, 3.8) is 0 Å². The van der Waals surface area contributed by atoms with Crippen molar-refractivity contribution in [3.8, 4) is 0 Å². The largest absolute Gasteiger partial charge is 0.345 e. The molecule has 3 aromatic carbocycles. The highest BCUT2D eigenvalue weighted by molar-refractivity contribution is 7.88. The smallest absolute Gasteiger partial charge is 0.225 e. The van der Waals surface area contributed by atoms with E-state index in [2.05, 4.69) is 5.32 Å². The van der Waals surface area contributed by atoms with E-state index in [1.54, 1.807) is 18.2 Å².